The lowest BCUT2D eigenvalue weighted by Crippen LogP contribution is -2.55. The largest absolute Gasteiger partial charge is 0.335 e. The maximum Gasteiger partial charge on any atom is 0.254 e. The molecule has 1 aliphatic rings. The normalized spacial score (nSPS) is 19.3. The van der Waals surface area contributed by atoms with E-state index in [1.54, 1.807) is 15.9 Å². The molecular weight excluding hydrogens is 343 g/mol. The number of hydrogen-bond donors (Lipinski definition) is 0. The van der Waals surface area contributed by atoms with Gasteiger partial charge in [0.25, 0.3) is 5.91 Å². The minimum atomic E-state index is -1.17. The molecule has 1 fully saturated rings. The third-order valence-electron chi connectivity index (χ3n) is 4.22. The highest BCUT2D eigenvalue weighted by Gasteiger charge is 2.29. The summed E-state index contributed by atoms with van der Waals surface area (Å²) in [6.45, 7) is 4.94. The molecule has 136 valence electrons. The van der Waals surface area contributed by atoms with Crippen molar-refractivity contribution in [2.75, 3.05) is 25.9 Å². The second-order valence-corrected chi connectivity index (χ2v) is 7.40. The second kappa shape index (κ2) is 8.38. The van der Waals surface area contributed by atoms with Crippen LogP contribution in [-0.2, 0) is 22.0 Å². The molecule has 0 bridgehead atoms. The molecule has 1 heterocycles. The monoisotopic (exact) mass is 366 g/mol. The van der Waals surface area contributed by atoms with Crippen LogP contribution in [-0.4, -0.2) is 57.8 Å². The standard InChI is InChI=1S/C18H23FN2O3S/c1-4-14-9-15(11-16(19)10-14)18(23)21-7-6-20(12-13(21)2)17(22)5-8-25(3)24/h5,8-11,13H,4,6-7,12H2,1-3H3/b8-5+. The van der Waals surface area contributed by atoms with Gasteiger partial charge < -0.3 is 9.80 Å². The Morgan fingerprint density at radius 2 is 2.04 bits per heavy atom. The molecule has 0 spiro atoms. The van der Waals surface area contributed by atoms with Crippen LogP contribution in [0, 0.1) is 5.82 Å². The summed E-state index contributed by atoms with van der Waals surface area (Å²) in [4.78, 5) is 28.1. The molecule has 25 heavy (non-hydrogen) atoms. The first-order valence-electron chi connectivity index (χ1n) is 8.21. The Balaban J connectivity index is 2.08. The lowest BCUT2D eigenvalue weighted by molar-refractivity contribution is -0.128. The van der Waals surface area contributed by atoms with E-state index in [4.69, 9.17) is 0 Å². The summed E-state index contributed by atoms with van der Waals surface area (Å²) in [6.07, 6.45) is 3.45. The number of rotatable bonds is 4. The van der Waals surface area contributed by atoms with E-state index in [1.165, 1.54) is 29.9 Å². The summed E-state index contributed by atoms with van der Waals surface area (Å²) in [6, 6.07) is 4.22. The zero-order chi connectivity index (χ0) is 18.6. The smallest absolute Gasteiger partial charge is 0.254 e. The molecular formula is C18H23FN2O3S. The Kier molecular flexibility index (Phi) is 6.47. The van der Waals surface area contributed by atoms with Gasteiger partial charge in [0, 0.05) is 59.8 Å². The fourth-order valence-electron chi connectivity index (χ4n) is 2.86. The second-order valence-electron chi connectivity index (χ2n) is 6.13. The maximum atomic E-state index is 13.7. The molecule has 2 amide bonds. The third kappa shape index (κ3) is 4.98. The number of aryl methyl sites for hydroxylation is 1. The van der Waals surface area contributed by atoms with E-state index in [-0.39, 0.29) is 17.9 Å². The van der Waals surface area contributed by atoms with Crippen LogP contribution in [0.15, 0.2) is 29.7 Å². The Labute approximate surface area is 149 Å². The fourth-order valence-corrected chi connectivity index (χ4v) is 3.17. The van der Waals surface area contributed by atoms with Crippen LogP contribution in [0.1, 0.15) is 29.8 Å². The summed E-state index contributed by atoms with van der Waals surface area (Å²) in [5.41, 5.74) is 1.12. The molecule has 1 aromatic rings. The van der Waals surface area contributed by atoms with Gasteiger partial charge in [0.2, 0.25) is 5.91 Å². The fraction of sp³-hybridized carbons (Fsp3) is 0.444. The van der Waals surface area contributed by atoms with Gasteiger partial charge in [-0.1, -0.05) is 6.92 Å². The van der Waals surface area contributed by atoms with E-state index in [0.29, 0.717) is 31.6 Å². The van der Waals surface area contributed by atoms with Gasteiger partial charge in [-0.2, -0.15) is 0 Å². The van der Waals surface area contributed by atoms with Crippen LogP contribution >= 0.6 is 0 Å². The Morgan fingerprint density at radius 1 is 1.32 bits per heavy atom. The number of carbonyl (C=O) groups excluding carboxylic acids is 2. The lowest BCUT2D eigenvalue weighted by atomic mass is 10.1. The summed E-state index contributed by atoms with van der Waals surface area (Å²) in [5, 5.41) is 1.35. The molecule has 1 aliphatic heterocycles. The highest BCUT2D eigenvalue weighted by Crippen LogP contribution is 2.17. The number of carbonyl (C=O) groups is 2. The van der Waals surface area contributed by atoms with Crippen molar-refractivity contribution in [3.8, 4) is 0 Å². The molecule has 2 atom stereocenters. The van der Waals surface area contributed by atoms with E-state index in [2.05, 4.69) is 0 Å². The van der Waals surface area contributed by atoms with Crippen molar-refractivity contribution in [1.82, 2.24) is 9.80 Å². The Bertz CT molecular complexity index is 720. The highest BCUT2D eigenvalue weighted by molar-refractivity contribution is 7.87. The number of amides is 2. The number of benzene rings is 1. The van der Waals surface area contributed by atoms with Crippen molar-refractivity contribution in [2.24, 2.45) is 0 Å². The molecule has 2 unspecified atom stereocenters. The number of hydrogen-bond acceptors (Lipinski definition) is 3. The van der Waals surface area contributed by atoms with Crippen LogP contribution < -0.4 is 0 Å². The number of piperazine rings is 1. The summed E-state index contributed by atoms with van der Waals surface area (Å²) >= 11 is 0. The van der Waals surface area contributed by atoms with Crippen LogP contribution in [0.4, 0.5) is 4.39 Å². The van der Waals surface area contributed by atoms with E-state index in [0.717, 1.165) is 5.56 Å². The van der Waals surface area contributed by atoms with Crippen LogP contribution in [0.25, 0.3) is 0 Å². The summed E-state index contributed by atoms with van der Waals surface area (Å²) in [7, 11) is -1.17. The van der Waals surface area contributed by atoms with E-state index in [1.807, 2.05) is 13.8 Å². The van der Waals surface area contributed by atoms with Gasteiger partial charge >= 0.3 is 0 Å². The van der Waals surface area contributed by atoms with E-state index in [9.17, 15) is 18.2 Å². The molecule has 0 N–H and O–H groups in total. The maximum absolute atomic E-state index is 13.7. The first-order valence-corrected chi connectivity index (χ1v) is 9.83. The van der Waals surface area contributed by atoms with E-state index < -0.39 is 16.6 Å². The van der Waals surface area contributed by atoms with Gasteiger partial charge in [-0.25, -0.2) is 4.39 Å². The predicted octanol–water partition coefficient (Wildman–Crippen LogP) is 1.95. The van der Waals surface area contributed by atoms with Crippen molar-refractivity contribution < 1.29 is 18.2 Å². The average molecular weight is 366 g/mol. The number of nitrogens with zero attached hydrogens (tertiary/aromatic N) is 2. The first kappa shape index (κ1) is 19.3. The first-order chi connectivity index (χ1) is 11.8. The summed E-state index contributed by atoms with van der Waals surface area (Å²) in [5.74, 6) is -0.853. The molecule has 0 radical (unpaired) electrons. The van der Waals surface area contributed by atoms with Crippen molar-refractivity contribution >= 4 is 22.6 Å². The van der Waals surface area contributed by atoms with Crippen molar-refractivity contribution in [3.63, 3.8) is 0 Å². The van der Waals surface area contributed by atoms with Gasteiger partial charge in [0.1, 0.15) is 5.82 Å². The molecule has 2 rings (SSSR count). The van der Waals surface area contributed by atoms with Gasteiger partial charge in [-0.3, -0.25) is 13.8 Å². The minimum absolute atomic E-state index is 0.181. The zero-order valence-corrected chi connectivity index (χ0v) is 15.5. The molecule has 0 aliphatic carbocycles. The molecule has 1 aromatic carbocycles. The van der Waals surface area contributed by atoms with Crippen LogP contribution in [0.2, 0.25) is 0 Å². The lowest BCUT2D eigenvalue weighted by Gasteiger charge is -2.39. The Morgan fingerprint density at radius 3 is 2.64 bits per heavy atom. The third-order valence-corrected chi connectivity index (χ3v) is 4.73. The average Bonchev–Trinajstić information content (AvgIpc) is 2.58. The van der Waals surface area contributed by atoms with Gasteiger partial charge in [0.15, 0.2) is 0 Å². The van der Waals surface area contributed by atoms with Gasteiger partial charge in [0.05, 0.1) is 0 Å². The Hall–Kier alpha value is -2.02. The molecule has 0 saturated carbocycles. The van der Waals surface area contributed by atoms with Crippen LogP contribution in [0.5, 0.6) is 0 Å². The minimum Gasteiger partial charge on any atom is -0.335 e. The van der Waals surface area contributed by atoms with Gasteiger partial charge in [-0.05, 0) is 37.1 Å². The molecule has 7 heteroatoms. The van der Waals surface area contributed by atoms with Gasteiger partial charge in [-0.15, -0.1) is 0 Å². The molecule has 0 aromatic heterocycles. The topological polar surface area (TPSA) is 57.7 Å². The van der Waals surface area contributed by atoms with Crippen molar-refractivity contribution in [2.45, 2.75) is 26.3 Å². The molecule has 5 nitrogen and oxygen atoms in total. The van der Waals surface area contributed by atoms with Crippen molar-refractivity contribution in [3.05, 3.63) is 46.6 Å². The zero-order valence-electron chi connectivity index (χ0n) is 14.7. The molecule has 1 saturated heterocycles. The SMILES string of the molecule is CCc1cc(F)cc(C(=O)N2CCN(C(=O)/C=C/S(C)=O)CC2C)c1. The number of halogens is 1. The summed E-state index contributed by atoms with van der Waals surface area (Å²) < 4.78 is 24.7. The van der Waals surface area contributed by atoms with Crippen LogP contribution in [0.3, 0.4) is 0 Å². The quantitative estimate of drug-likeness (QED) is 0.766. The van der Waals surface area contributed by atoms with E-state index >= 15 is 0 Å². The highest BCUT2D eigenvalue weighted by atomic mass is 32.2. The predicted molar refractivity (Wildman–Crippen MR) is 96.1 cm³/mol. The van der Waals surface area contributed by atoms with Crippen molar-refractivity contribution in [1.29, 1.82) is 0 Å².